The number of carbonyl (C=O) groups is 1. The number of para-hydroxylation sites is 2. The number of fused-ring (bicyclic) bond motifs is 1. The average molecular weight is 540 g/mol. The van der Waals surface area contributed by atoms with Gasteiger partial charge in [-0.3, -0.25) is 0 Å². The van der Waals surface area contributed by atoms with E-state index in [0.717, 1.165) is 17.7 Å². The van der Waals surface area contributed by atoms with E-state index in [2.05, 4.69) is 25.5 Å². The van der Waals surface area contributed by atoms with E-state index >= 15 is 0 Å². The Morgan fingerprint density at radius 3 is 2.46 bits per heavy atom. The van der Waals surface area contributed by atoms with Gasteiger partial charge in [-0.2, -0.15) is 4.98 Å². The number of hydrogen-bond donors (Lipinski definition) is 3. The largest absolute Gasteiger partial charge is 0.573 e. The monoisotopic (exact) mass is 539 g/mol. The maximum atomic E-state index is 12.8. The number of benzene rings is 3. The Balaban J connectivity index is 1.43. The quantitative estimate of drug-likeness (QED) is 0.258. The van der Waals surface area contributed by atoms with E-state index in [0.29, 0.717) is 40.9 Å². The number of aromatic nitrogens is 2. The van der Waals surface area contributed by atoms with Crippen molar-refractivity contribution in [1.82, 2.24) is 10.1 Å². The van der Waals surface area contributed by atoms with Crippen LogP contribution >= 0.6 is 0 Å². The van der Waals surface area contributed by atoms with Crippen LogP contribution in [0.1, 0.15) is 25.2 Å². The van der Waals surface area contributed by atoms with Crippen molar-refractivity contribution < 1.29 is 32.3 Å². The molecular weight excluding hydrogens is 515 g/mol. The summed E-state index contributed by atoms with van der Waals surface area (Å²) in [5.74, 6) is 0.485. The van der Waals surface area contributed by atoms with E-state index in [1.165, 1.54) is 12.1 Å². The Hall–Kier alpha value is -4.74. The first-order valence-electron chi connectivity index (χ1n) is 11.9. The lowest BCUT2D eigenvalue weighted by Crippen LogP contribution is -2.27. The summed E-state index contributed by atoms with van der Waals surface area (Å²) < 4.78 is 46.5. The summed E-state index contributed by atoms with van der Waals surface area (Å²) in [6.45, 7) is 6.27. The van der Waals surface area contributed by atoms with Gasteiger partial charge in [0, 0.05) is 23.2 Å². The molecule has 0 aliphatic carbocycles. The maximum Gasteiger partial charge on any atom is 0.573 e. The number of aryl methyl sites for hydroxylation is 1. The van der Waals surface area contributed by atoms with E-state index in [9.17, 15) is 23.1 Å². The Morgan fingerprint density at radius 1 is 1.08 bits per heavy atom. The first-order valence-corrected chi connectivity index (χ1v) is 11.9. The standard InChI is InChI=1S/C27H24F3N5O4/c1-15-31-24(39-34-15)18-12-13-21(36)23-22(18)26(2,3)14-35(23)20-7-5-4-6-19(20)33-25(37)32-16-8-10-17(11-9-16)38-27(28,29)30/h4-13,36H,14H2,1-3H3,(H2,32,33,37). The normalized spacial score (nSPS) is 14.2. The molecule has 1 aliphatic heterocycles. The smallest absolute Gasteiger partial charge is 0.506 e. The summed E-state index contributed by atoms with van der Waals surface area (Å²) in [5, 5.41) is 20.2. The number of halogens is 3. The molecule has 0 radical (unpaired) electrons. The van der Waals surface area contributed by atoms with Crippen molar-refractivity contribution in [3.63, 3.8) is 0 Å². The van der Waals surface area contributed by atoms with Gasteiger partial charge in [0.15, 0.2) is 5.82 Å². The number of rotatable bonds is 5. The number of amides is 2. The van der Waals surface area contributed by atoms with Gasteiger partial charge in [0.1, 0.15) is 11.5 Å². The van der Waals surface area contributed by atoms with Crippen LogP contribution in [-0.2, 0) is 5.41 Å². The molecular formula is C27H24F3N5O4. The Morgan fingerprint density at radius 2 is 1.79 bits per heavy atom. The van der Waals surface area contributed by atoms with E-state index in [1.54, 1.807) is 31.2 Å². The molecule has 39 heavy (non-hydrogen) atoms. The van der Waals surface area contributed by atoms with Crippen LogP contribution in [0.15, 0.2) is 65.2 Å². The summed E-state index contributed by atoms with van der Waals surface area (Å²) in [7, 11) is 0. The minimum absolute atomic E-state index is 0.0518. The number of carbonyl (C=O) groups excluding carboxylic acids is 1. The molecule has 3 aromatic carbocycles. The lowest BCUT2D eigenvalue weighted by Gasteiger charge is -2.25. The van der Waals surface area contributed by atoms with Gasteiger partial charge < -0.3 is 29.9 Å². The van der Waals surface area contributed by atoms with Crippen molar-refractivity contribution >= 4 is 28.8 Å². The second-order valence-electron chi connectivity index (χ2n) is 9.64. The third-order valence-corrected chi connectivity index (χ3v) is 6.20. The number of nitrogens with one attached hydrogen (secondary N) is 2. The summed E-state index contributed by atoms with van der Waals surface area (Å²) in [6.07, 6.45) is -4.81. The zero-order valence-electron chi connectivity index (χ0n) is 21.1. The molecule has 1 aromatic heterocycles. The summed E-state index contributed by atoms with van der Waals surface area (Å²) in [4.78, 5) is 19.1. The molecule has 4 aromatic rings. The van der Waals surface area contributed by atoms with Crippen LogP contribution in [-0.4, -0.2) is 34.2 Å². The van der Waals surface area contributed by atoms with Crippen LogP contribution in [0.25, 0.3) is 11.5 Å². The highest BCUT2D eigenvalue weighted by molar-refractivity contribution is 6.02. The first kappa shape index (κ1) is 25.9. The number of anilines is 4. The molecule has 12 heteroatoms. The molecule has 0 fully saturated rings. The van der Waals surface area contributed by atoms with Crippen molar-refractivity contribution in [2.24, 2.45) is 0 Å². The van der Waals surface area contributed by atoms with E-state index in [4.69, 9.17) is 4.52 Å². The van der Waals surface area contributed by atoms with Gasteiger partial charge >= 0.3 is 12.4 Å². The van der Waals surface area contributed by atoms with Crippen molar-refractivity contribution in [1.29, 1.82) is 0 Å². The number of aromatic hydroxyl groups is 1. The molecule has 3 N–H and O–H groups in total. The SMILES string of the molecule is Cc1noc(-c2ccc(O)c3c2C(C)(C)CN3c2ccccc2NC(=O)Nc2ccc(OC(F)(F)F)cc2)n1. The zero-order valence-corrected chi connectivity index (χ0v) is 21.1. The molecule has 0 saturated carbocycles. The van der Waals surface area contributed by atoms with Crippen molar-refractivity contribution in [2.75, 3.05) is 22.1 Å². The average Bonchev–Trinajstić information content (AvgIpc) is 3.41. The van der Waals surface area contributed by atoms with Crippen molar-refractivity contribution in [2.45, 2.75) is 32.5 Å². The van der Waals surface area contributed by atoms with Crippen molar-refractivity contribution in [3.05, 3.63) is 72.1 Å². The van der Waals surface area contributed by atoms with Gasteiger partial charge in [0.05, 0.1) is 17.1 Å². The number of urea groups is 1. The zero-order chi connectivity index (χ0) is 27.9. The van der Waals surface area contributed by atoms with Gasteiger partial charge in [-0.15, -0.1) is 13.2 Å². The third-order valence-electron chi connectivity index (χ3n) is 6.20. The van der Waals surface area contributed by atoms with Gasteiger partial charge in [0.25, 0.3) is 5.89 Å². The molecule has 2 heterocycles. The molecule has 202 valence electrons. The molecule has 1 aliphatic rings. The number of phenolic OH excluding ortho intramolecular Hbond substituents is 1. The Bertz CT molecular complexity index is 1530. The lowest BCUT2D eigenvalue weighted by atomic mass is 9.83. The van der Waals surface area contributed by atoms with Gasteiger partial charge in [-0.25, -0.2) is 4.79 Å². The second kappa shape index (κ2) is 9.53. The van der Waals surface area contributed by atoms with Crippen molar-refractivity contribution in [3.8, 4) is 23.0 Å². The van der Waals surface area contributed by atoms with Crippen LogP contribution in [0.3, 0.4) is 0 Å². The third kappa shape index (κ3) is 5.31. The fourth-order valence-electron chi connectivity index (χ4n) is 4.72. The highest BCUT2D eigenvalue weighted by Crippen LogP contribution is 2.53. The number of hydrogen-bond acceptors (Lipinski definition) is 7. The van der Waals surface area contributed by atoms with Crippen LogP contribution in [0.5, 0.6) is 11.5 Å². The fourth-order valence-corrected chi connectivity index (χ4v) is 4.72. The number of ether oxygens (including phenoxy) is 1. The predicted octanol–water partition coefficient (Wildman–Crippen LogP) is 6.72. The molecule has 0 saturated heterocycles. The predicted molar refractivity (Wildman–Crippen MR) is 138 cm³/mol. The van der Waals surface area contributed by atoms with Crippen LogP contribution in [0.4, 0.5) is 40.7 Å². The molecule has 0 unspecified atom stereocenters. The molecule has 0 spiro atoms. The summed E-state index contributed by atoms with van der Waals surface area (Å²) in [5.41, 5.74) is 2.99. The molecule has 9 nitrogen and oxygen atoms in total. The second-order valence-corrected chi connectivity index (χ2v) is 9.64. The number of phenols is 1. The minimum Gasteiger partial charge on any atom is -0.506 e. The molecule has 0 bridgehead atoms. The highest BCUT2D eigenvalue weighted by atomic mass is 19.4. The van der Waals surface area contributed by atoms with E-state index in [1.807, 2.05) is 30.9 Å². The Kier molecular flexibility index (Phi) is 6.33. The number of alkyl halides is 3. The lowest BCUT2D eigenvalue weighted by molar-refractivity contribution is -0.274. The van der Waals surface area contributed by atoms with E-state index in [-0.39, 0.29) is 11.4 Å². The van der Waals surface area contributed by atoms with Crippen LogP contribution in [0, 0.1) is 6.92 Å². The molecule has 5 rings (SSSR count). The summed E-state index contributed by atoms with van der Waals surface area (Å²) >= 11 is 0. The molecule has 0 atom stereocenters. The van der Waals surface area contributed by atoms with Gasteiger partial charge in [-0.05, 0) is 61.0 Å². The summed E-state index contributed by atoms with van der Waals surface area (Å²) in [6, 6.07) is 14.6. The highest BCUT2D eigenvalue weighted by Gasteiger charge is 2.41. The van der Waals surface area contributed by atoms with Gasteiger partial charge in [0.2, 0.25) is 0 Å². The number of nitrogens with zero attached hydrogens (tertiary/aromatic N) is 3. The maximum absolute atomic E-state index is 12.8. The van der Waals surface area contributed by atoms with E-state index < -0.39 is 23.6 Å². The van der Waals surface area contributed by atoms with Crippen LogP contribution in [0.2, 0.25) is 0 Å². The topological polar surface area (TPSA) is 113 Å². The Labute approximate surface area is 221 Å². The molecule has 2 amide bonds. The van der Waals surface area contributed by atoms with Crippen LogP contribution < -0.4 is 20.3 Å². The first-order chi connectivity index (χ1) is 18.4. The minimum atomic E-state index is -4.81. The fraction of sp³-hybridized carbons (Fsp3) is 0.222. The van der Waals surface area contributed by atoms with Gasteiger partial charge in [-0.1, -0.05) is 31.1 Å².